The molecule has 0 aliphatic heterocycles. The molecule has 1 aromatic rings. The Hall–Kier alpha value is -1.28. The van der Waals surface area contributed by atoms with Crippen molar-refractivity contribution in [2.45, 2.75) is 32.1 Å². The van der Waals surface area contributed by atoms with Gasteiger partial charge < -0.3 is 10.2 Å². The van der Waals surface area contributed by atoms with Crippen molar-refractivity contribution >= 4 is 5.57 Å². The van der Waals surface area contributed by atoms with Gasteiger partial charge in [-0.2, -0.15) is 0 Å². The van der Waals surface area contributed by atoms with Gasteiger partial charge in [0.25, 0.3) is 0 Å². The van der Waals surface area contributed by atoms with Crippen LogP contribution >= 0.6 is 0 Å². The molecule has 1 aromatic carbocycles. The van der Waals surface area contributed by atoms with Gasteiger partial charge in [0.05, 0.1) is 6.61 Å². The molecule has 0 heterocycles. The van der Waals surface area contributed by atoms with Crippen LogP contribution in [-0.4, -0.2) is 16.8 Å². The van der Waals surface area contributed by atoms with Gasteiger partial charge in [0.1, 0.15) is 5.75 Å². The maximum absolute atomic E-state index is 9.88. The summed E-state index contributed by atoms with van der Waals surface area (Å²) in [5.41, 5.74) is 3.81. The number of aryl methyl sites for hydroxylation is 1. The average Bonchev–Trinajstić information content (AvgIpc) is 2.28. The van der Waals surface area contributed by atoms with Crippen LogP contribution in [0.4, 0.5) is 0 Å². The molecular formula is C14H18O2. The van der Waals surface area contributed by atoms with Crippen LogP contribution in [0.25, 0.3) is 5.57 Å². The van der Waals surface area contributed by atoms with Crippen LogP contribution in [0.2, 0.25) is 0 Å². The fourth-order valence-electron chi connectivity index (χ4n) is 2.45. The van der Waals surface area contributed by atoms with Gasteiger partial charge in [-0.1, -0.05) is 13.5 Å². The van der Waals surface area contributed by atoms with Crippen LogP contribution in [0.1, 0.15) is 42.4 Å². The summed E-state index contributed by atoms with van der Waals surface area (Å²) in [7, 11) is 0. The zero-order chi connectivity index (χ0) is 11.7. The first-order chi connectivity index (χ1) is 7.63. The Balaban J connectivity index is 2.50. The first-order valence-corrected chi connectivity index (χ1v) is 5.78. The first kappa shape index (κ1) is 11.2. The van der Waals surface area contributed by atoms with Crippen molar-refractivity contribution in [3.63, 3.8) is 0 Å². The summed E-state index contributed by atoms with van der Waals surface area (Å²) in [4.78, 5) is 0. The van der Waals surface area contributed by atoms with Crippen LogP contribution in [-0.2, 0) is 6.42 Å². The second-order valence-electron chi connectivity index (χ2n) is 4.62. The number of benzene rings is 1. The van der Waals surface area contributed by atoms with Crippen LogP contribution in [0.3, 0.4) is 0 Å². The molecule has 2 nitrogen and oxygen atoms in total. The molecule has 1 atom stereocenters. The lowest BCUT2D eigenvalue weighted by Gasteiger charge is -2.24. The highest BCUT2D eigenvalue weighted by atomic mass is 16.3. The van der Waals surface area contributed by atoms with Crippen molar-refractivity contribution < 1.29 is 10.2 Å². The van der Waals surface area contributed by atoms with Crippen LogP contribution in [0, 0.1) is 0 Å². The maximum Gasteiger partial charge on any atom is 0.123 e. The van der Waals surface area contributed by atoms with Crippen molar-refractivity contribution in [3.8, 4) is 5.75 Å². The molecule has 0 radical (unpaired) electrons. The monoisotopic (exact) mass is 218 g/mol. The molecule has 2 N–H and O–H groups in total. The van der Waals surface area contributed by atoms with Gasteiger partial charge >= 0.3 is 0 Å². The third-order valence-electron chi connectivity index (χ3n) is 3.44. The maximum atomic E-state index is 9.88. The molecule has 0 fully saturated rings. The highest BCUT2D eigenvalue weighted by molar-refractivity contribution is 5.70. The Morgan fingerprint density at radius 1 is 1.50 bits per heavy atom. The van der Waals surface area contributed by atoms with Crippen molar-refractivity contribution in [1.29, 1.82) is 0 Å². The van der Waals surface area contributed by atoms with E-state index >= 15 is 0 Å². The second-order valence-corrected chi connectivity index (χ2v) is 4.62. The van der Waals surface area contributed by atoms with Gasteiger partial charge in [-0.15, -0.1) is 0 Å². The van der Waals surface area contributed by atoms with E-state index in [-0.39, 0.29) is 12.4 Å². The molecule has 86 valence electrons. The van der Waals surface area contributed by atoms with Gasteiger partial charge in [-0.3, -0.25) is 0 Å². The van der Waals surface area contributed by atoms with Crippen molar-refractivity contribution in [2.24, 2.45) is 0 Å². The van der Waals surface area contributed by atoms with Gasteiger partial charge in [-0.25, -0.2) is 0 Å². The molecule has 0 aromatic heterocycles. The van der Waals surface area contributed by atoms with Crippen LogP contribution in [0.5, 0.6) is 5.75 Å². The summed E-state index contributed by atoms with van der Waals surface area (Å²) < 4.78 is 0. The Labute approximate surface area is 96.2 Å². The Morgan fingerprint density at radius 2 is 2.25 bits per heavy atom. The summed E-state index contributed by atoms with van der Waals surface area (Å²) in [6, 6.07) is 3.83. The van der Waals surface area contributed by atoms with E-state index in [0.717, 1.165) is 6.42 Å². The smallest absolute Gasteiger partial charge is 0.123 e. The Morgan fingerprint density at radius 3 is 2.94 bits per heavy atom. The Kier molecular flexibility index (Phi) is 3.01. The highest BCUT2D eigenvalue weighted by Gasteiger charge is 2.19. The number of aliphatic hydroxyl groups excluding tert-OH is 1. The number of phenolic OH excluding ortho intramolecular Hbond substituents is 1. The van der Waals surface area contributed by atoms with Crippen molar-refractivity contribution in [3.05, 3.63) is 35.4 Å². The molecule has 0 bridgehead atoms. The van der Waals surface area contributed by atoms with Crippen LogP contribution in [0.15, 0.2) is 18.7 Å². The van der Waals surface area contributed by atoms with Gasteiger partial charge in [0.2, 0.25) is 0 Å². The number of hydrogen-bond donors (Lipinski definition) is 2. The topological polar surface area (TPSA) is 40.5 Å². The quantitative estimate of drug-likeness (QED) is 0.801. The number of rotatable bonds is 2. The molecule has 1 aliphatic rings. The minimum atomic E-state index is -0.110. The van der Waals surface area contributed by atoms with Gasteiger partial charge in [0, 0.05) is 5.56 Å². The summed E-state index contributed by atoms with van der Waals surface area (Å²) in [6.07, 6.45) is 3.43. The Bertz CT molecular complexity index is 421. The van der Waals surface area contributed by atoms with Gasteiger partial charge in [0.15, 0.2) is 0 Å². The second kappa shape index (κ2) is 4.30. The van der Waals surface area contributed by atoms with E-state index in [0.29, 0.717) is 17.1 Å². The molecule has 0 saturated carbocycles. The number of fused-ring (bicyclic) bond motifs is 1. The van der Waals surface area contributed by atoms with E-state index in [1.54, 1.807) is 0 Å². The average molecular weight is 218 g/mol. The summed E-state index contributed by atoms with van der Waals surface area (Å²) in [5, 5.41) is 19.0. The third kappa shape index (κ3) is 1.85. The minimum Gasteiger partial charge on any atom is -0.507 e. The molecular weight excluding hydrogens is 200 g/mol. The molecule has 1 aliphatic carbocycles. The van der Waals surface area contributed by atoms with E-state index in [4.69, 9.17) is 5.11 Å². The van der Waals surface area contributed by atoms with E-state index in [1.807, 2.05) is 12.1 Å². The molecule has 2 rings (SSSR count). The number of aliphatic hydroxyl groups is 1. The summed E-state index contributed by atoms with van der Waals surface area (Å²) in [5.74, 6) is 0.779. The molecule has 0 amide bonds. The lowest BCUT2D eigenvalue weighted by atomic mass is 9.82. The van der Waals surface area contributed by atoms with E-state index in [2.05, 4.69) is 13.5 Å². The largest absolute Gasteiger partial charge is 0.507 e. The SMILES string of the molecule is C=C(CO)c1cc2c(cc1O)CCCC2C. The molecule has 1 unspecified atom stereocenters. The zero-order valence-electron chi connectivity index (χ0n) is 9.66. The number of aromatic hydroxyl groups is 1. The lowest BCUT2D eigenvalue weighted by molar-refractivity contribution is 0.349. The fraction of sp³-hybridized carbons (Fsp3) is 0.429. The summed E-state index contributed by atoms with van der Waals surface area (Å²) >= 11 is 0. The molecule has 16 heavy (non-hydrogen) atoms. The van der Waals surface area contributed by atoms with Crippen molar-refractivity contribution in [1.82, 2.24) is 0 Å². The third-order valence-corrected chi connectivity index (χ3v) is 3.44. The van der Waals surface area contributed by atoms with E-state index < -0.39 is 0 Å². The highest BCUT2D eigenvalue weighted by Crippen LogP contribution is 2.36. The zero-order valence-corrected chi connectivity index (χ0v) is 9.66. The number of phenols is 1. The van der Waals surface area contributed by atoms with Crippen molar-refractivity contribution in [2.75, 3.05) is 6.61 Å². The lowest BCUT2D eigenvalue weighted by Crippen LogP contribution is -2.08. The predicted molar refractivity (Wildman–Crippen MR) is 65.6 cm³/mol. The molecule has 0 saturated heterocycles. The predicted octanol–water partition coefficient (Wildman–Crippen LogP) is 2.84. The fourth-order valence-corrected chi connectivity index (χ4v) is 2.45. The standard InChI is InChI=1S/C14H18O2/c1-9-4-3-5-11-6-14(16)13(7-12(9)11)10(2)8-15/h6-7,9,15-16H,2-5,8H2,1H3. The van der Waals surface area contributed by atoms with Crippen LogP contribution < -0.4 is 0 Å². The molecule has 2 heteroatoms. The molecule has 0 spiro atoms. The first-order valence-electron chi connectivity index (χ1n) is 5.78. The summed E-state index contributed by atoms with van der Waals surface area (Å²) in [6.45, 7) is 5.87. The normalized spacial score (nSPS) is 19.2. The van der Waals surface area contributed by atoms with E-state index in [1.165, 1.54) is 24.0 Å². The van der Waals surface area contributed by atoms with E-state index in [9.17, 15) is 5.11 Å². The van der Waals surface area contributed by atoms with Gasteiger partial charge in [-0.05, 0) is 54.0 Å². The minimum absolute atomic E-state index is 0.110. The number of hydrogen-bond acceptors (Lipinski definition) is 2.